The van der Waals surface area contributed by atoms with E-state index in [-0.39, 0.29) is 25.5 Å². The van der Waals surface area contributed by atoms with E-state index >= 15 is 0 Å². The summed E-state index contributed by atoms with van der Waals surface area (Å²) in [6.07, 6.45) is 2.03. The molecule has 8 heteroatoms. The Balaban J connectivity index is 1.66. The van der Waals surface area contributed by atoms with Crippen LogP contribution in [0.25, 0.3) is 16.6 Å². The molecule has 2 N–H and O–H groups in total. The van der Waals surface area contributed by atoms with Gasteiger partial charge in [-0.25, -0.2) is 9.78 Å². The molecule has 2 aromatic rings. The molecule has 0 bridgehead atoms. The number of benzene rings is 1. The zero-order valence-electron chi connectivity index (χ0n) is 16.5. The van der Waals surface area contributed by atoms with Crippen LogP contribution in [-0.2, 0) is 30.4 Å². The second-order valence-electron chi connectivity index (χ2n) is 7.82. The number of nitrogens with two attached hydrogens (primary N) is 1. The fourth-order valence-electron chi connectivity index (χ4n) is 4.76. The topological polar surface area (TPSA) is 112 Å². The summed E-state index contributed by atoms with van der Waals surface area (Å²) < 4.78 is 10.8. The molecule has 1 amide bonds. The molecule has 1 fully saturated rings. The van der Waals surface area contributed by atoms with Crippen LogP contribution in [0.4, 0.5) is 0 Å². The van der Waals surface area contributed by atoms with E-state index in [0.717, 1.165) is 22.2 Å². The number of aromatic nitrogens is 1. The number of para-hydroxylation sites is 1. The van der Waals surface area contributed by atoms with Gasteiger partial charge in [0.25, 0.3) is 0 Å². The molecule has 0 spiro atoms. The minimum atomic E-state index is -1.58. The molecule has 4 heterocycles. The lowest BCUT2D eigenvalue weighted by atomic mass is 9.72. The van der Waals surface area contributed by atoms with Crippen molar-refractivity contribution in [2.24, 2.45) is 17.6 Å². The van der Waals surface area contributed by atoms with Crippen molar-refractivity contribution in [2.45, 2.75) is 25.5 Å². The van der Waals surface area contributed by atoms with E-state index in [1.807, 2.05) is 36.4 Å². The van der Waals surface area contributed by atoms with Gasteiger partial charge in [0.05, 0.1) is 35.9 Å². The highest BCUT2D eigenvalue weighted by molar-refractivity contribution is 5.97. The van der Waals surface area contributed by atoms with Crippen LogP contribution in [0.15, 0.2) is 36.4 Å². The predicted octanol–water partition coefficient (Wildman–Crippen LogP) is 1.37. The van der Waals surface area contributed by atoms with Crippen LogP contribution in [0.2, 0.25) is 0 Å². The molecule has 3 atom stereocenters. The Morgan fingerprint density at radius 1 is 1.37 bits per heavy atom. The first kappa shape index (κ1) is 18.7. The first-order chi connectivity index (χ1) is 14.5. The summed E-state index contributed by atoms with van der Waals surface area (Å²) in [7, 11) is 0. The van der Waals surface area contributed by atoms with Gasteiger partial charge in [-0.2, -0.15) is 0 Å². The maximum absolute atomic E-state index is 13.4. The van der Waals surface area contributed by atoms with E-state index in [1.54, 1.807) is 11.8 Å². The lowest BCUT2D eigenvalue weighted by Crippen LogP contribution is -2.61. The fourth-order valence-corrected chi connectivity index (χ4v) is 4.76. The number of hydrogen-bond donors (Lipinski definition) is 1. The van der Waals surface area contributed by atoms with E-state index < -0.39 is 29.4 Å². The maximum Gasteiger partial charge on any atom is 0.351 e. The molecule has 154 valence electrons. The Morgan fingerprint density at radius 2 is 2.17 bits per heavy atom. The molecule has 30 heavy (non-hydrogen) atoms. The van der Waals surface area contributed by atoms with Crippen LogP contribution >= 0.6 is 0 Å². The largest absolute Gasteiger partial charge is 0.462 e. The Labute approximate surface area is 172 Å². The van der Waals surface area contributed by atoms with Gasteiger partial charge in [-0.05, 0) is 24.6 Å². The Morgan fingerprint density at radius 3 is 2.93 bits per heavy atom. The average Bonchev–Trinajstić information content (AvgIpc) is 3.12. The van der Waals surface area contributed by atoms with Gasteiger partial charge in [-0.3, -0.25) is 9.59 Å². The SMILES string of the molecule is CC[C@@]1(OC(=O)CN)C(=O)OCC2C(=O)N3Cc4cc5ccccc5nc4C3=CC21. The standard InChI is InChI=1S/C22H21N3O5/c1-2-22(30-18(26)9-23)15-8-17-19-13(7-12-5-3-4-6-16(12)24-19)10-25(17)20(27)14(15)11-29-21(22)28/h3-8,14-15H,2,9-11,23H2,1H3/t14?,15?,22-/m0/s1. The van der Waals surface area contributed by atoms with E-state index in [2.05, 4.69) is 0 Å². The van der Waals surface area contributed by atoms with Gasteiger partial charge in [0.2, 0.25) is 11.5 Å². The third kappa shape index (κ3) is 2.50. The van der Waals surface area contributed by atoms with Crippen molar-refractivity contribution in [2.75, 3.05) is 13.2 Å². The smallest absolute Gasteiger partial charge is 0.351 e. The van der Waals surface area contributed by atoms with Crippen molar-refractivity contribution in [1.82, 2.24) is 9.88 Å². The minimum absolute atomic E-state index is 0.0453. The highest BCUT2D eigenvalue weighted by Gasteiger charge is 2.59. The number of carbonyl (C=O) groups is 3. The number of ether oxygens (including phenoxy) is 2. The summed E-state index contributed by atoms with van der Waals surface area (Å²) in [5.74, 6) is -2.78. The molecule has 8 nitrogen and oxygen atoms in total. The quantitative estimate of drug-likeness (QED) is 0.765. The molecule has 1 saturated heterocycles. The van der Waals surface area contributed by atoms with Crippen LogP contribution in [0.5, 0.6) is 0 Å². The van der Waals surface area contributed by atoms with Crippen molar-refractivity contribution in [3.8, 4) is 0 Å². The molecule has 1 aromatic carbocycles. The summed E-state index contributed by atoms with van der Waals surface area (Å²) in [6.45, 7) is 1.74. The number of esters is 2. The van der Waals surface area contributed by atoms with Gasteiger partial charge >= 0.3 is 11.9 Å². The van der Waals surface area contributed by atoms with Gasteiger partial charge in [0.1, 0.15) is 6.61 Å². The van der Waals surface area contributed by atoms with Crippen LogP contribution < -0.4 is 5.73 Å². The first-order valence-electron chi connectivity index (χ1n) is 10.00. The van der Waals surface area contributed by atoms with Crippen molar-refractivity contribution in [3.63, 3.8) is 0 Å². The zero-order valence-corrected chi connectivity index (χ0v) is 16.5. The maximum atomic E-state index is 13.4. The number of rotatable bonds is 3. The zero-order chi connectivity index (χ0) is 21.0. The van der Waals surface area contributed by atoms with Gasteiger partial charge in [-0.15, -0.1) is 0 Å². The lowest BCUT2D eigenvalue weighted by Gasteiger charge is -2.46. The number of fused-ring (bicyclic) bond motifs is 5. The first-order valence-corrected chi connectivity index (χ1v) is 10.00. The molecule has 1 aromatic heterocycles. The third-order valence-electron chi connectivity index (χ3n) is 6.28. The molecule has 0 radical (unpaired) electrons. The Kier molecular flexibility index (Phi) is 4.14. The molecule has 0 saturated carbocycles. The van der Waals surface area contributed by atoms with E-state index in [4.69, 9.17) is 20.2 Å². The second-order valence-corrected chi connectivity index (χ2v) is 7.82. The Hall–Kier alpha value is -3.26. The fraction of sp³-hybridized carbons (Fsp3) is 0.364. The number of carbonyl (C=O) groups excluding carboxylic acids is 3. The molecule has 5 rings (SSSR count). The van der Waals surface area contributed by atoms with Crippen molar-refractivity contribution in [1.29, 1.82) is 0 Å². The summed E-state index contributed by atoms with van der Waals surface area (Å²) >= 11 is 0. The number of amides is 1. The van der Waals surface area contributed by atoms with E-state index in [9.17, 15) is 14.4 Å². The van der Waals surface area contributed by atoms with Gasteiger partial charge in [0, 0.05) is 16.9 Å². The third-order valence-corrected chi connectivity index (χ3v) is 6.28. The van der Waals surface area contributed by atoms with Crippen LogP contribution in [0.3, 0.4) is 0 Å². The normalized spacial score (nSPS) is 27.1. The average molecular weight is 407 g/mol. The summed E-state index contributed by atoms with van der Waals surface area (Å²) in [6, 6.07) is 9.80. The predicted molar refractivity (Wildman–Crippen MR) is 106 cm³/mol. The molecule has 0 aliphatic carbocycles. The Bertz CT molecular complexity index is 1130. The van der Waals surface area contributed by atoms with Gasteiger partial charge in [0.15, 0.2) is 0 Å². The van der Waals surface area contributed by atoms with Crippen molar-refractivity contribution >= 4 is 34.4 Å². The van der Waals surface area contributed by atoms with Crippen LogP contribution in [-0.4, -0.2) is 46.5 Å². The number of hydrogen-bond acceptors (Lipinski definition) is 7. The monoisotopic (exact) mass is 407 g/mol. The van der Waals surface area contributed by atoms with Crippen LogP contribution in [0, 0.1) is 11.8 Å². The van der Waals surface area contributed by atoms with Crippen LogP contribution in [0.1, 0.15) is 24.6 Å². The number of pyridine rings is 1. The van der Waals surface area contributed by atoms with Gasteiger partial charge < -0.3 is 20.1 Å². The second kappa shape index (κ2) is 6.63. The molecular weight excluding hydrogens is 386 g/mol. The van der Waals surface area contributed by atoms with Crippen molar-refractivity contribution < 1.29 is 23.9 Å². The van der Waals surface area contributed by atoms with Crippen molar-refractivity contribution in [3.05, 3.63) is 47.7 Å². The molecule has 3 aliphatic heterocycles. The minimum Gasteiger partial charge on any atom is -0.462 e. The lowest BCUT2D eigenvalue weighted by molar-refractivity contribution is -0.204. The van der Waals surface area contributed by atoms with Gasteiger partial charge in [-0.1, -0.05) is 25.1 Å². The summed E-state index contributed by atoms with van der Waals surface area (Å²) in [5, 5.41) is 1.000. The van der Waals surface area contributed by atoms with E-state index in [0.29, 0.717) is 12.2 Å². The molecule has 3 aliphatic rings. The molecular formula is C22H21N3O5. The number of nitrogens with zero attached hydrogens (tertiary/aromatic N) is 2. The number of cyclic esters (lactones) is 1. The van der Waals surface area contributed by atoms with E-state index in [1.165, 1.54) is 0 Å². The summed E-state index contributed by atoms with van der Waals surface area (Å²) in [5.41, 5.74) is 6.98. The summed E-state index contributed by atoms with van der Waals surface area (Å²) in [4.78, 5) is 44.6. The highest BCUT2D eigenvalue weighted by atomic mass is 16.6. The highest BCUT2D eigenvalue weighted by Crippen LogP contribution is 2.47. The molecule has 2 unspecified atom stereocenters.